The van der Waals surface area contributed by atoms with Crippen LogP contribution in [0.25, 0.3) is 0 Å². The molecule has 1 aromatic heterocycles. The number of aryl methyl sites for hydroxylation is 1. The maximum absolute atomic E-state index is 13.9. The largest absolute Gasteiger partial charge is 0.462 e. The Morgan fingerprint density at radius 3 is 2.20 bits per heavy atom. The van der Waals surface area contributed by atoms with Crippen LogP contribution in [0.4, 0.5) is 0 Å². The minimum absolute atomic E-state index is 0.0119. The molecule has 0 bridgehead atoms. The van der Waals surface area contributed by atoms with Crippen LogP contribution < -0.4 is 0 Å². The number of ketones is 1. The minimum Gasteiger partial charge on any atom is -0.462 e. The van der Waals surface area contributed by atoms with Crippen molar-refractivity contribution in [3.8, 4) is 0 Å². The van der Waals surface area contributed by atoms with E-state index in [4.69, 9.17) is 33.2 Å². The molecular formula is C42H70N4O14. The van der Waals surface area contributed by atoms with Crippen LogP contribution in [0.2, 0.25) is 0 Å². The molecule has 4 heterocycles. The maximum Gasteiger partial charge on any atom is 0.308 e. The summed E-state index contributed by atoms with van der Waals surface area (Å²) in [5, 5.41) is 62.6. The number of cyclic esters (lactones) is 1. The first kappa shape index (κ1) is 49.9. The van der Waals surface area contributed by atoms with Crippen molar-refractivity contribution < 1.29 is 68.3 Å². The van der Waals surface area contributed by atoms with E-state index in [1.54, 1.807) is 56.7 Å². The van der Waals surface area contributed by atoms with Gasteiger partial charge in [-0.15, -0.1) is 5.10 Å². The van der Waals surface area contributed by atoms with Crippen molar-refractivity contribution in [3.63, 3.8) is 0 Å². The van der Waals surface area contributed by atoms with E-state index < -0.39 is 116 Å². The number of methoxy groups -OCH3 is 2. The number of allylic oxidation sites excluding steroid dienone is 3. The van der Waals surface area contributed by atoms with Crippen LogP contribution in [0.3, 0.4) is 0 Å². The fourth-order valence-corrected chi connectivity index (χ4v) is 8.51. The number of rotatable bonds is 13. The van der Waals surface area contributed by atoms with E-state index in [1.807, 2.05) is 26.8 Å². The lowest BCUT2D eigenvalue weighted by Gasteiger charge is -2.46. The highest BCUT2D eigenvalue weighted by Crippen LogP contribution is 2.35. The summed E-state index contributed by atoms with van der Waals surface area (Å²) < 4.78 is 43.8. The summed E-state index contributed by atoms with van der Waals surface area (Å²) in [7, 11) is 6.41. The summed E-state index contributed by atoms with van der Waals surface area (Å²) in [6.07, 6.45) is -3.79. The number of ether oxygens (including phenoxy) is 7. The van der Waals surface area contributed by atoms with Crippen LogP contribution in [-0.4, -0.2) is 172 Å². The van der Waals surface area contributed by atoms with Gasteiger partial charge in [-0.2, -0.15) is 0 Å². The molecule has 17 atom stereocenters. The Morgan fingerprint density at radius 1 is 0.917 bits per heavy atom. The van der Waals surface area contributed by atoms with E-state index in [2.05, 4.69) is 10.3 Å². The molecule has 342 valence electrons. The SMILES string of the molecule is CC[C@H]1OC(=O)C[C@@H](O)[C@H](C)[C@@H](O[C@@H]2O[C@H](C)[C@@H](O)C(N(C)C)C2O)[C@@H](CCn2cc(CO)nn2)C[C@@H](C)C(=O)/C=C/C(C)=C/[C@@H]1CO[C@@H]1OC(C)[C@@H](O)[C@H](OC)C1OC. The number of nitrogens with zero attached hydrogens (tertiary/aromatic N) is 4. The van der Waals surface area contributed by atoms with E-state index in [1.165, 1.54) is 20.3 Å². The quantitative estimate of drug-likeness (QED) is 0.175. The number of aliphatic hydroxyl groups excluding tert-OH is 5. The standard InChI is InChI=1S/C42H70N4O14/c1-11-32-28(21-56-42-40(55-10)39(54-9)36(52)26(6)58-42)16-22(2)12-13-30(48)23(3)17-27(14-15-46-19-29(20-47)43-44-46)38(24(4)31(49)18-33(50)59-32)60-41-37(53)34(45(7)8)35(51)25(5)57-41/h12-13,16,19,23-28,31-32,34-42,47,49,51-53H,11,14-15,17-18,20-21H2,1-10H3/b13-12+,22-16+/t23-,24+,25-,26?,27+,28-,31-,32-,34?,35-,36-,37?,38-,39+,40?,41+,42-/m1/s1. The lowest BCUT2D eigenvalue weighted by Crippen LogP contribution is -2.63. The van der Waals surface area contributed by atoms with Crippen molar-refractivity contribution in [2.45, 2.75) is 160 Å². The molecule has 4 rings (SSSR count). The minimum atomic E-state index is -1.30. The Bertz CT molecular complexity index is 1560. The van der Waals surface area contributed by atoms with E-state index in [9.17, 15) is 35.1 Å². The molecule has 1 aromatic rings. The van der Waals surface area contributed by atoms with Crippen molar-refractivity contribution in [1.82, 2.24) is 19.9 Å². The predicted molar refractivity (Wildman–Crippen MR) is 216 cm³/mol. The molecule has 2 saturated heterocycles. The second-order valence-corrected chi connectivity index (χ2v) is 16.9. The number of aromatic nitrogens is 3. The third-order valence-electron chi connectivity index (χ3n) is 12.2. The van der Waals surface area contributed by atoms with Crippen LogP contribution in [-0.2, 0) is 55.9 Å². The molecule has 0 aliphatic carbocycles. The van der Waals surface area contributed by atoms with Gasteiger partial charge in [0.25, 0.3) is 0 Å². The number of esters is 1. The third-order valence-corrected chi connectivity index (χ3v) is 12.2. The van der Waals surface area contributed by atoms with Gasteiger partial charge >= 0.3 is 5.97 Å². The number of aliphatic hydroxyl groups is 5. The molecular weight excluding hydrogens is 784 g/mol. The van der Waals surface area contributed by atoms with Crippen molar-refractivity contribution in [3.05, 3.63) is 35.7 Å². The molecule has 0 saturated carbocycles. The first-order valence-electron chi connectivity index (χ1n) is 21.1. The van der Waals surface area contributed by atoms with Crippen LogP contribution >= 0.6 is 0 Å². The van der Waals surface area contributed by atoms with Gasteiger partial charge < -0.3 is 63.6 Å². The van der Waals surface area contributed by atoms with Crippen LogP contribution in [0.5, 0.6) is 0 Å². The maximum atomic E-state index is 13.9. The fraction of sp³-hybridized carbons (Fsp3) is 0.810. The van der Waals surface area contributed by atoms with E-state index in [0.717, 1.165) is 0 Å². The van der Waals surface area contributed by atoms with Gasteiger partial charge in [-0.1, -0.05) is 43.7 Å². The average molecular weight is 855 g/mol. The van der Waals surface area contributed by atoms with Gasteiger partial charge in [0.15, 0.2) is 18.4 Å². The van der Waals surface area contributed by atoms with E-state index >= 15 is 0 Å². The molecule has 3 aliphatic heterocycles. The summed E-state index contributed by atoms with van der Waals surface area (Å²) in [6, 6.07) is -0.739. The molecule has 0 aromatic carbocycles. The molecule has 0 radical (unpaired) electrons. The van der Waals surface area contributed by atoms with Gasteiger partial charge in [0.1, 0.15) is 36.2 Å². The third kappa shape index (κ3) is 12.7. The van der Waals surface area contributed by atoms with Gasteiger partial charge in [-0.3, -0.25) is 14.3 Å². The fourth-order valence-electron chi connectivity index (χ4n) is 8.51. The zero-order valence-electron chi connectivity index (χ0n) is 36.8. The first-order valence-corrected chi connectivity index (χ1v) is 21.1. The normalized spacial score (nSPS) is 40.5. The molecule has 4 unspecified atom stereocenters. The van der Waals surface area contributed by atoms with Gasteiger partial charge in [0.05, 0.1) is 62.4 Å². The Kier molecular flexibility index (Phi) is 19.2. The lowest BCUT2D eigenvalue weighted by atomic mass is 9.79. The Morgan fingerprint density at radius 2 is 1.58 bits per heavy atom. The van der Waals surface area contributed by atoms with Crippen molar-refractivity contribution in [2.24, 2.45) is 23.7 Å². The Hall–Kier alpha value is -2.72. The first-order chi connectivity index (χ1) is 28.4. The average Bonchev–Trinajstić information content (AvgIpc) is 3.68. The van der Waals surface area contributed by atoms with Crippen LogP contribution in [0.1, 0.15) is 72.9 Å². The number of carbonyl (C=O) groups is 2. The highest BCUT2D eigenvalue weighted by Gasteiger charge is 2.48. The van der Waals surface area contributed by atoms with Gasteiger partial charge in [0.2, 0.25) is 0 Å². The van der Waals surface area contributed by atoms with Crippen LogP contribution in [0.15, 0.2) is 30.0 Å². The van der Waals surface area contributed by atoms with Gasteiger partial charge in [0, 0.05) is 38.5 Å². The molecule has 60 heavy (non-hydrogen) atoms. The molecule has 18 heteroatoms. The van der Waals surface area contributed by atoms with Gasteiger partial charge in [-0.25, -0.2) is 0 Å². The molecule has 3 aliphatic rings. The van der Waals surface area contributed by atoms with Crippen molar-refractivity contribution >= 4 is 11.8 Å². The number of likely N-dealkylation sites (N-methyl/N-ethyl adjacent to an activating group) is 1. The zero-order valence-corrected chi connectivity index (χ0v) is 36.8. The molecule has 2 fully saturated rings. The highest BCUT2D eigenvalue weighted by atomic mass is 16.7. The molecule has 18 nitrogen and oxygen atoms in total. The summed E-state index contributed by atoms with van der Waals surface area (Å²) in [5.41, 5.74) is 1.10. The molecule has 0 spiro atoms. The number of hydrogen-bond donors (Lipinski definition) is 5. The van der Waals surface area contributed by atoms with Gasteiger partial charge in [-0.05, 0) is 66.1 Å². The summed E-state index contributed by atoms with van der Waals surface area (Å²) >= 11 is 0. The summed E-state index contributed by atoms with van der Waals surface area (Å²) in [4.78, 5) is 29.3. The predicted octanol–water partition coefficient (Wildman–Crippen LogP) is 1.15. The monoisotopic (exact) mass is 854 g/mol. The number of carbonyl (C=O) groups excluding carboxylic acids is 2. The second-order valence-electron chi connectivity index (χ2n) is 16.9. The Labute approximate surface area is 353 Å². The summed E-state index contributed by atoms with van der Waals surface area (Å²) in [5.74, 6) is -3.11. The zero-order chi connectivity index (χ0) is 44.4. The smallest absolute Gasteiger partial charge is 0.308 e. The second kappa shape index (κ2) is 23.1. The topological polar surface area (TPSA) is 234 Å². The van der Waals surface area contributed by atoms with E-state index in [-0.39, 0.29) is 25.4 Å². The Balaban J connectivity index is 1.69. The molecule has 0 amide bonds. The van der Waals surface area contributed by atoms with Crippen LogP contribution in [0, 0.1) is 23.7 Å². The highest BCUT2D eigenvalue weighted by molar-refractivity contribution is 5.91. The number of hydrogen-bond acceptors (Lipinski definition) is 17. The summed E-state index contributed by atoms with van der Waals surface area (Å²) in [6.45, 7) is 10.7. The van der Waals surface area contributed by atoms with E-state index in [0.29, 0.717) is 30.7 Å². The van der Waals surface area contributed by atoms with Crippen molar-refractivity contribution in [2.75, 3.05) is 34.9 Å². The molecule has 5 N–H and O–H groups in total. The van der Waals surface area contributed by atoms with Crippen molar-refractivity contribution in [1.29, 1.82) is 0 Å². The lowest BCUT2D eigenvalue weighted by molar-refractivity contribution is -0.304.